The van der Waals surface area contributed by atoms with Crippen molar-refractivity contribution < 1.29 is 4.79 Å². The van der Waals surface area contributed by atoms with E-state index in [1.54, 1.807) is 0 Å². The van der Waals surface area contributed by atoms with Gasteiger partial charge in [0.05, 0.1) is 0 Å². The number of benzene rings is 1. The first-order valence-corrected chi connectivity index (χ1v) is 6.53. The van der Waals surface area contributed by atoms with Crippen LogP contribution in [0.1, 0.15) is 55.5 Å². The number of hydrogen-bond donors (Lipinski definition) is 3. The Morgan fingerprint density at radius 1 is 1.26 bits per heavy atom. The first kappa shape index (κ1) is 15.7. The third kappa shape index (κ3) is 3.78. The van der Waals surface area contributed by atoms with E-state index in [4.69, 9.17) is 11.6 Å². The van der Waals surface area contributed by atoms with Gasteiger partial charge in [-0.05, 0) is 41.5 Å². The Hall–Kier alpha value is -1.39. The molecule has 4 nitrogen and oxygen atoms in total. The monoisotopic (exact) mass is 263 g/mol. The van der Waals surface area contributed by atoms with E-state index in [1.807, 2.05) is 13.8 Å². The lowest BCUT2D eigenvalue weighted by Gasteiger charge is -2.24. The van der Waals surface area contributed by atoms with Crippen molar-refractivity contribution in [3.63, 3.8) is 0 Å². The van der Waals surface area contributed by atoms with Crippen LogP contribution in [0.4, 0.5) is 0 Å². The first-order chi connectivity index (χ1) is 8.66. The highest BCUT2D eigenvalue weighted by molar-refractivity contribution is 5.76. The lowest BCUT2D eigenvalue weighted by atomic mass is 9.82. The molecule has 1 amide bonds. The second-order valence-corrected chi connectivity index (χ2v) is 6.15. The molecule has 1 rings (SSSR count). The maximum Gasteiger partial charge on any atom is 0.235 e. The number of amides is 1. The van der Waals surface area contributed by atoms with E-state index in [9.17, 15) is 4.79 Å². The van der Waals surface area contributed by atoms with Gasteiger partial charge in [-0.25, -0.2) is 5.84 Å². The van der Waals surface area contributed by atoms with Crippen LogP contribution in [-0.4, -0.2) is 5.91 Å². The molecule has 0 saturated heterocycles. The molecule has 5 N–H and O–H groups in total. The largest absolute Gasteiger partial charge is 0.324 e. The van der Waals surface area contributed by atoms with Crippen molar-refractivity contribution in [1.29, 1.82) is 0 Å². The molecule has 106 valence electrons. The quantitative estimate of drug-likeness (QED) is 0.443. The SMILES string of the molecule is Cc1cc(C(C)(C)C)cc(C)c1C(N)CC(=O)NN. The van der Waals surface area contributed by atoms with Crippen LogP contribution in [-0.2, 0) is 10.2 Å². The summed E-state index contributed by atoms with van der Waals surface area (Å²) in [5.74, 6) is 4.86. The third-order valence-electron chi connectivity index (χ3n) is 3.40. The van der Waals surface area contributed by atoms with Crippen molar-refractivity contribution in [3.05, 3.63) is 34.4 Å². The number of carbonyl (C=O) groups excluding carboxylic acids is 1. The fourth-order valence-electron chi connectivity index (χ4n) is 2.35. The van der Waals surface area contributed by atoms with Crippen LogP contribution < -0.4 is 17.0 Å². The summed E-state index contributed by atoms with van der Waals surface area (Å²) in [7, 11) is 0. The zero-order chi connectivity index (χ0) is 14.8. The van der Waals surface area contributed by atoms with E-state index in [1.165, 1.54) is 5.56 Å². The average molecular weight is 263 g/mol. The van der Waals surface area contributed by atoms with E-state index >= 15 is 0 Å². The summed E-state index contributed by atoms with van der Waals surface area (Å²) in [6.45, 7) is 10.6. The van der Waals surface area contributed by atoms with Crippen LogP contribution >= 0.6 is 0 Å². The standard InChI is InChI=1S/C15H25N3O/c1-9-6-11(15(3,4)5)7-10(2)14(9)12(16)8-13(19)18-17/h6-7,12H,8,16-17H2,1-5H3,(H,18,19). The fraction of sp³-hybridized carbons (Fsp3) is 0.533. The second-order valence-electron chi connectivity index (χ2n) is 6.15. The molecule has 0 bridgehead atoms. The van der Waals surface area contributed by atoms with Crippen molar-refractivity contribution >= 4 is 5.91 Å². The summed E-state index contributed by atoms with van der Waals surface area (Å²) in [4.78, 5) is 11.3. The molecule has 1 atom stereocenters. The molecule has 0 radical (unpaired) electrons. The van der Waals surface area contributed by atoms with E-state index in [0.717, 1.165) is 16.7 Å². The minimum atomic E-state index is -0.322. The number of nitrogens with one attached hydrogen (secondary N) is 1. The van der Waals surface area contributed by atoms with Crippen LogP contribution in [0.2, 0.25) is 0 Å². The lowest BCUT2D eigenvalue weighted by molar-refractivity contribution is -0.121. The molecule has 0 heterocycles. The molecular formula is C15H25N3O. The smallest absolute Gasteiger partial charge is 0.235 e. The van der Waals surface area contributed by atoms with Gasteiger partial charge < -0.3 is 5.73 Å². The third-order valence-corrected chi connectivity index (χ3v) is 3.40. The number of hydrogen-bond acceptors (Lipinski definition) is 3. The number of rotatable bonds is 3. The topological polar surface area (TPSA) is 81.1 Å². The molecule has 0 spiro atoms. The molecule has 1 unspecified atom stereocenters. The molecule has 0 aliphatic heterocycles. The maximum atomic E-state index is 11.3. The van der Waals surface area contributed by atoms with E-state index < -0.39 is 0 Å². The molecular weight excluding hydrogens is 238 g/mol. The van der Waals surface area contributed by atoms with Crippen LogP contribution in [0.3, 0.4) is 0 Å². The molecule has 1 aromatic carbocycles. The van der Waals surface area contributed by atoms with Crippen molar-refractivity contribution in [2.45, 2.75) is 52.5 Å². The van der Waals surface area contributed by atoms with Gasteiger partial charge in [-0.2, -0.15) is 0 Å². The molecule has 1 aromatic rings. The minimum Gasteiger partial charge on any atom is -0.324 e. The van der Waals surface area contributed by atoms with E-state index in [2.05, 4.69) is 38.3 Å². The normalized spacial score (nSPS) is 13.2. The van der Waals surface area contributed by atoms with Crippen LogP contribution in [0, 0.1) is 13.8 Å². The van der Waals surface area contributed by atoms with Crippen molar-refractivity contribution in [2.24, 2.45) is 11.6 Å². The van der Waals surface area contributed by atoms with E-state index in [-0.39, 0.29) is 23.8 Å². The summed E-state index contributed by atoms with van der Waals surface area (Å²) >= 11 is 0. The lowest BCUT2D eigenvalue weighted by Crippen LogP contribution is -2.33. The number of aryl methyl sites for hydroxylation is 2. The molecule has 0 aromatic heterocycles. The van der Waals surface area contributed by atoms with Crippen LogP contribution in [0.5, 0.6) is 0 Å². The Kier molecular flexibility index (Phi) is 4.71. The predicted molar refractivity (Wildman–Crippen MR) is 78.5 cm³/mol. The summed E-state index contributed by atoms with van der Waals surface area (Å²) in [5.41, 5.74) is 12.9. The summed E-state index contributed by atoms with van der Waals surface area (Å²) in [6, 6.07) is 3.99. The fourth-order valence-corrected chi connectivity index (χ4v) is 2.35. The number of nitrogens with two attached hydrogens (primary N) is 2. The van der Waals surface area contributed by atoms with Gasteiger partial charge in [0.15, 0.2) is 0 Å². The number of hydrazine groups is 1. The van der Waals surface area contributed by atoms with Gasteiger partial charge in [-0.3, -0.25) is 10.2 Å². The Morgan fingerprint density at radius 3 is 2.11 bits per heavy atom. The van der Waals surface area contributed by atoms with Crippen molar-refractivity contribution in [2.75, 3.05) is 0 Å². The summed E-state index contributed by atoms with van der Waals surface area (Å²) < 4.78 is 0. The number of carbonyl (C=O) groups is 1. The van der Waals surface area contributed by atoms with Gasteiger partial charge in [0.1, 0.15) is 0 Å². The van der Waals surface area contributed by atoms with Gasteiger partial charge >= 0.3 is 0 Å². The van der Waals surface area contributed by atoms with Crippen molar-refractivity contribution in [3.8, 4) is 0 Å². The van der Waals surface area contributed by atoms with Crippen LogP contribution in [0.15, 0.2) is 12.1 Å². The zero-order valence-corrected chi connectivity index (χ0v) is 12.5. The predicted octanol–water partition coefficient (Wildman–Crippen LogP) is 1.98. The Morgan fingerprint density at radius 2 is 1.74 bits per heavy atom. The van der Waals surface area contributed by atoms with Crippen LogP contribution in [0.25, 0.3) is 0 Å². The average Bonchev–Trinajstić information content (AvgIpc) is 2.26. The molecule has 0 aliphatic rings. The van der Waals surface area contributed by atoms with Gasteiger partial charge in [0.25, 0.3) is 0 Å². The van der Waals surface area contributed by atoms with Gasteiger partial charge in [-0.1, -0.05) is 32.9 Å². The second kappa shape index (κ2) is 5.72. The van der Waals surface area contributed by atoms with E-state index in [0.29, 0.717) is 0 Å². The highest BCUT2D eigenvalue weighted by Crippen LogP contribution is 2.30. The molecule has 0 aliphatic carbocycles. The highest BCUT2D eigenvalue weighted by Gasteiger charge is 2.20. The maximum absolute atomic E-state index is 11.3. The first-order valence-electron chi connectivity index (χ1n) is 6.53. The minimum absolute atomic E-state index is 0.104. The molecule has 19 heavy (non-hydrogen) atoms. The van der Waals surface area contributed by atoms with Crippen molar-refractivity contribution in [1.82, 2.24) is 5.43 Å². The zero-order valence-electron chi connectivity index (χ0n) is 12.5. The molecule has 0 saturated carbocycles. The highest BCUT2D eigenvalue weighted by atomic mass is 16.2. The van der Waals surface area contributed by atoms with Gasteiger partial charge in [0, 0.05) is 12.5 Å². The van der Waals surface area contributed by atoms with Gasteiger partial charge in [0.2, 0.25) is 5.91 Å². The Bertz CT molecular complexity index is 452. The van der Waals surface area contributed by atoms with Gasteiger partial charge in [-0.15, -0.1) is 0 Å². The Balaban J connectivity index is 3.13. The summed E-state index contributed by atoms with van der Waals surface area (Å²) in [6.07, 6.45) is 0.201. The molecule has 0 fully saturated rings. The Labute approximate surface area is 115 Å². The molecule has 4 heteroatoms. The summed E-state index contributed by atoms with van der Waals surface area (Å²) in [5, 5.41) is 0.